The lowest BCUT2D eigenvalue weighted by Gasteiger charge is -2.40. The molecule has 1 heterocycles. The van der Waals surface area contributed by atoms with Crippen LogP contribution in [0.15, 0.2) is 73.3 Å². The first kappa shape index (κ1) is 17.2. The van der Waals surface area contributed by atoms with E-state index in [4.69, 9.17) is 0 Å². The van der Waals surface area contributed by atoms with E-state index in [2.05, 4.69) is 6.58 Å². The van der Waals surface area contributed by atoms with Crippen molar-refractivity contribution in [3.05, 3.63) is 84.4 Å². The third-order valence-corrected chi connectivity index (χ3v) is 4.92. The van der Waals surface area contributed by atoms with E-state index >= 15 is 0 Å². The molecule has 1 aliphatic rings. The van der Waals surface area contributed by atoms with Crippen molar-refractivity contribution in [2.45, 2.75) is 25.7 Å². The number of nitrogens with zero attached hydrogens (tertiary/aromatic N) is 1. The van der Waals surface area contributed by atoms with Gasteiger partial charge in [-0.1, -0.05) is 54.6 Å². The zero-order valence-corrected chi connectivity index (χ0v) is 14.4. The predicted molar refractivity (Wildman–Crippen MR) is 99.1 cm³/mol. The van der Waals surface area contributed by atoms with Crippen LogP contribution in [0.4, 0.5) is 0 Å². The maximum Gasteiger partial charge on any atom is 0.260 e. The maximum absolute atomic E-state index is 13.3. The van der Waals surface area contributed by atoms with E-state index in [1.807, 2.05) is 48.5 Å². The quantitative estimate of drug-likeness (QED) is 0.606. The molecule has 128 valence electrons. The van der Waals surface area contributed by atoms with Crippen molar-refractivity contribution in [1.29, 1.82) is 0 Å². The maximum atomic E-state index is 13.3. The molecule has 1 fully saturated rings. The number of benzene rings is 2. The fraction of sp³-hybridized carbons (Fsp3) is 0.273. The monoisotopic (exact) mass is 333 g/mol. The molecule has 0 saturated carbocycles. The number of carbonyl (C=O) groups is 2. The summed E-state index contributed by atoms with van der Waals surface area (Å²) >= 11 is 0. The number of likely N-dealkylation sites (tertiary alicyclic amines) is 1. The SMILES string of the molecule is C=CC[C@]1(Cc2ccccc2)CCCN(C(=O)c2ccccc2)C1=O. The fourth-order valence-corrected chi connectivity index (χ4v) is 3.69. The average Bonchev–Trinajstić information content (AvgIpc) is 2.65. The smallest absolute Gasteiger partial charge is 0.260 e. The molecule has 0 radical (unpaired) electrons. The summed E-state index contributed by atoms with van der Waals surface area (Å²) in [4.78, 5) is 27.6. The summed E-state index contributed by atoms with van der Waals surface area (Å²) < 4.78 is 0. The van der Waals surface area contributed by atoms with Crippen LogP contribution in [0.1, 0.15) is 35.2 Å². The number of carbonyl (C=O) groups excluding carboxylic acids is 2. The number of rotatable bonds is 5. The predicted octanol–water partition coefficient (Wildman–Crippen LogP) is 4.25. The lowest BCUT2D eigenvalue weighted by Crippen LogP contribution is -2.52. The Morgan fingerprint density at radius 3 is 2.36 bits per heavy atom. The average molecular weight is 333 g/mol. The van der Waals surface area contributed by atoms with Crippen LogP contribution in [-0.2, 0) is 11.2 Å². The normalized spacial score (nSPS) is 20.3. The van der Waals surface area contributed by atoms with Gasteiger partial charge in [-0.3, -0.25) is 14.5 Å². The number of piperidine rings is 1. The van der Waals surface area contributed by atoms with E-state index in [1.165, 1.54) is 4.90 Å². The molecule has 0 aliphatic carbocycles. The number of hydrogen-bond acceptors (Lipinski definition) is 2. The number of hydrogen-bond donors (Lipinski definition) is 0. The number of amides is 2. The van der Waals surface area contributed by atoms with Crippen LogP contribution < -0.4 is 0 Å². The lowest BCUT2D eigenvalue weighted by molar-refractivity contribution is -0.143. The molecule has 2 amide bonds. The Hall–Kier alpha value is -2.68. The second-order valence-electron chi connectivity index (χ2n) is 6.67. The van der Waals surface area contributed by atoms with Crippen LogP contribution in [0.25, 0.3) is 0 Å². The van der Waals surface area contributed by atoms with E-state index in [0.717, 1.165) is 18.4 Å². The highest BCUT2D eigenvalue weighted by Crippen LogP contribution is 2.39. The summed E-state index contributed by atoms with van der Waals surface area (Å²) in [7, 11) is 0. The molecule has 1 aliphatic heterocycles. The first-order valence-electron chi connectivity index (χ1n) is 8.72. The largest absolute Gasteiger partial charge is 0.278 e. The molecule has 25 heavy (non-hydrogen) atoms. The van der Waals surface area contributed by atoms with Crippen LogP contribution in [-0.4, -0.2) is 23.3 Å². The molecule has 0 unspecified atom stereocenters. The molecular formula is C22H23NO2. The number of imide groups is 1. The molecule has 0 spiro atoms. The van der Waals surface area contributed by atoms with Gasteiger partial charge < -0.3 is 0 Å². The number of allylic oxidation sites excluding steroid dienone is 1. The molecule has 0 bridgehead atoms. The minimum absolute atomic E-state index is 0.0728. The molecule has 1 atom stereocenters. The van der Waals surface area contributed by atoms with Crippen molar-refractivity contribution in [2.24, 2.45) is 5.41 Å². The highest BCUT2D eigenvalue weighted by atomic mass is 16.2. The highest BCUT2D eigenvalue weighted by molar-refractivity contribution is 6.06. The standard InChI is InChI=1S/C22H23NO2/c1-2-14-22(17-18-10-5-3-6-11-18)15-9-16-23(21(22)25)20(24)19-12-7-4-8-13-19/h2-8,10-13H,1,9,14-17H2/t22-/m1/s1. The first-order valence-corrected chi connectivity index (χ1v) is 8.72. The Morgan fingerprint density at radius 1 is 1.08 bits per heavy atom. The van der Waals surface area contributed by atoms with Crippen LogP contribution in [0.2, 0.25) is 0 Å². The molecule has 1 saturated heterocycles. The van der Waals surface area contributed by atoms with E-state index in [0.29, 0.717) is 24.9 Å². The van der Waals surface area contributed by atoms with Gasteiger partial charge in [-0.2, -0.15) is 0 Å². The van der Waals surface area contributed by atoms with Gasteiger partial charge in [0.25, 0.3) is 5.91 Å². The summed E-state index contributed by atoms with van der Waals surface area (Å²) in [5.74, 6) is -0.275. The summed E-state index contributed by atoms with van der Waals surface area (Å²) in [5.41, 5.74) is 1.10. The van der Waals surface area contributed by atoms with Crippen molar-refractivity contribution in [1.82, 2.24) is 4.90 Å². The second kappa shape index (κ2) is 7.47. The molecule has 2 aromatic rings. The summed E-state index contributed by atoms with van der Waals surface area (Å²) in [6.07, 6.45) is 4.63. The van der Waals surface area contributed by atoms with Crippen molar-refractivity contribution in [2.75, 3.05) is 6.54 Å². The van der Waals surface area contributed by atoms with Crippen molar-refractivity contribution in [3.8, 4) is 0 Å². The van der Waals surface area contributed by atoms with Crippen LogP contribution in [0.5, 0.6) is 0 Å². The van der Waals surface area contributed by atoms with Crippen molar-refractivity contribution in [3.63, 3.8) is 0 Å². The Balaban J connectivity index is 1.90. The van der Waals surface area contributed by atoms with Gasteiger partial charge in [0.05, 0.1) is 5.41 Å². The lowest BCUT2D eigenvalue weighted by atomic mass is 9.72. The molecular weight excluding hydrogens is 310 g/mol. The molecule has 0 N–H and O–H groups in total. The summed E-state index contributed by atoms with van der Waals surface area (Å²) in [6, 6.07) is 19.0. The van der Waals surface area contributed by atoms with Gasteiger partial charge in [-0.15, -0.1) is 6.58 Å². The van der Waals surface area contributed by atoms with Gasteiger partial charge in [0.1, 0.15) is 0 Å². The van der Waals surface area contributed by atoms with Gasteiger partial charge in [0.15, 0.2) is 0 Å². The molecule has 3 nitrogen and oxygen atoms in total. The van der Waals surface area contributed by atoms with Gasteiger partial charge in [-0.05, 0) is 43.4 Å². The Bertz CT molecular complexity index is 754. The van der Waals surface area contributed by atoms with Crippen molar-refractivity contribution >= 4 is 11.8 Å². The van der Waals surface area contributed by atoms with E-state index < -0.39 is 5.41 Å². The Kier molecular flexibility index (Phi) is 5.13. The molecule has 0 aromatic heterocycles. The molecule has 3 rings (SSSR count). The first-order chi connectivity index (χ1) is 12.2. The molecule has 3 heteroatoms. The van der Waals surface area contributed by atoms with E-state index in [1.54, 1.807) is 18.2 Å². The van der Waals surface area contributed by atoms with E-state index in [9.17, 15) is 9.59 Å². The highest BCUT2D eigenvalue weighted by Gasteiger charge is 2.44. The second-order valence-corrected chi connectivity index (χ2v) is 6.67. The fourth-order valence-electron chi connectivity index (χ4n) is 3.69. The molecule has 2 aromatic carbocycles. The van der Waals surface area contributed by atoms with Gasteiger partial charge in [0.2, 0.25) is 5.91 Å². The third-order valence-electron chi connectivity index (χ3n) is 4.92. The topological polar surface area (TPSA) is 37.4 Å². The third kappa shape index (κ3) is 3.55. The zero-order chi connectivity index (χ0) is 17.7. The summed E-state index contributed by atoms with van der Waals surface area (Å²) in [6.45, 7) is 4.33. The Morgan fingerprint density at radius 2 is 1.72 bits per heavy atom. The Labute approximate surface area is 149 Å². The van der Waals surface area contributed by atoms with Gasteiger partial charge in [-0.25, -0.2) is 0 Å². The summed E-state index contributed by atoms with van der Waals surface area (Å²) in [5, 5.41) is 0. The zero-order valence-electron chi connectivity index (χ0n) is 14.4. The van der Waals surface area contributed by atoms with Crippen molar-refractivity contribution < 1.29 is 9.59 Å². The van der Waals surface area contributed by atoms with E-state index in [-0.39, 0.29) is 11.8 Å². The minimum Gasteiger partial charge on any atom is -0.278 e. The van der Waals surface area contributed by atoms with Crippen LogP contribution in [0, 0.1) is 5.41 Å². The van der Waals surface area contributed by atoms with Gasteiger partial charge >= 0.3 is 0 Å². The van der Waals surface area contributed by atoms with Crippen LogP contribution in [0.3, 0.4) is 0 Å². The van der Waals surface area contributed by atoms with Crippen LogP contribution >= 0.6 is 0 Å². The minimum atomic E-state index is -0.578. The van der Waals surface area contributed by atoms with Gasteiger partial charge in [0, 0.05) is 12.1 Å².